The van der Waals surface area contributed by atoms with E-state index in [9.17, 15) is 14.4 Å². The maximum atomic E-state index is 14.2. The first-order valence-electron chi connectivity index (χ1n) is 13.9. The van der Waals surface area contributed by atoms with Crippen molar-refractivity contribution in [2.75, 3.05) is 5.32 Å². The number of aromatic nitrogens is 2. The first kappa shape index (κ1) is 28.9. The summed E-state index contributed by atoms with van der Waals surface area (Å²) in [4.78, 5) is 39.8. The molecule has 0 bridgehead atoms. The van der Waals surface area contributed by atoms with E-state index in [1.54, 1.807) is 6.92 Å². The van der Waals surface area contributed by atoms with E-state index in [4.69, 9.17) is 10.8 Å². The third-order valence-corrected chi connectivity index (χ3v) is 7.95. The number of nitrogens with zero attached hydrogens (tertiary/aromatic N) is 2. The molecule has 4 rings (SSSR count). The van der Waals surface area contributed by atoms with E-state index in [1.807, 2.05) is 61.0 Å². The number of amides is 3. The molecule has 1 aliphatic heterocycles. The molecule has 3 atom stereocenters. The Morgan fingerprint density at radius 1 is 1.12 bits per heavy atom. The van der Waals surface area contributed by atoms with Gasteiger partial charge in [-0.2, -0.15) is 5.10 Å². The first-order chi connectivity index (χ1) is 18.9. The quantitative estimate of drug-likeness (QED) is 0.323. The average Bonchev–Trinajstić information content (AvgIpc) is 3.28. The Kier molecular flexibility index (Phi) is 8.05. The van der Waals surface area contributed by atoms with Crippen molar-refractivity contribution in [3.8, 4) is 0 Å². The lowest BCUT2D eigenvalue weighted by atomic mass is 9.84. The van der Waals surface area contributed by atoms with Crippen LogP contribution in [0.3, 0.4) is 0 Å². The second-order valence-corrected chi connectivity index (χ2v) is 11.2. The number of hydrogen-bond acceptors (Lipinski definition) is 5. The zero-order valence-electron chi connectivity index (χ0n) is 24.2. The molecule has 1 aliphatic rings. The molecule has 0 radical (unpaired) electrons. The topological polar surface area (TPSA) is 131 Å². The minimum atomic E-state index is -1.45. The van der Waals surface area contributed by atoms with Gasteiger partial charge in [0.2, 0.25) is 5.91 Å². The summed E-state index contributed by atoms with van der Waals surface area (Å²) in [5, 5.41) is 14.1. The van der Waals surface area contributed by atoms with Crippen LogP contribution in [0.15, 0.2) is 54.6 Å². The second kappa shape index (κ2) is 11.2. The molecule has 0 fully saturated rings. The lowest BCUT2D eigenvalue weighted by Gasteiger charge is -2.38. The SMILES string of the molecule is CCc1ccc([C@@](CC)(NC(=O)c2c(C)nn3c2NC(c2ccccc2)CC3(C)C)C(=O)N[C@@H](C)C(N)=O)cc1. The van der Waals surface area contributed by atoms with E-state index >= 15 is 0 Å². The molecule has 9 nitrogen and oxygen atoms in total. The molecule has 3 amide bonds. The fourth-order valence-corrected chi connectivity index (χ4v) is 5.44. The van der Waals surface area contributed by atoms with E-state index in [0.717, 1.165) is 24.0 Å². The normalized spacial score (nSPS) is 18.0. The summed E-state index contributed by atoms with van der Waals surface area (Å²) >= 11 is 0. The Labute approximate surface area is 235 Å². The maximum Gasteiger partial charge on any atom is 0.258 e. The van der Waals surface area contributed by atoms with Crippen LogP contribution < -0.4 is 21.7 Å². The van der Waals surface area contributed by atoms with E-state index in [2.05, 4.69) is 41.9 Å². The van der Waals surface area contributed by atoms with Crippen LogP contribution in [0, 0.1) is 6.92 Å². The third-order valence-electron chi connectivity index (χ3n) is 7.95. The van der Waals surface area contributed by atoms with Crippen molar-refractivity contribution >= 4 is 23.5 Å². The molecule has 40 heavy (non-hydrogen) atoms. The van der Waals surface area contributed by atoms with Crippen LogP contribution in [-0.2, 0) is 27.1 Å². The van der Waals surface area contributed by atoms with Gasteiger partial charge in [0.05, 0.1) is 17.3 Å². The monoisotopic (exact) mass is 544 g/mol. The predicted molar refractivity (Wildman–Crippen MR) is 156 cm³/mol. The van der Waals surface area contributed by atoms with Crippen LogP contribution in [0.5, 0.6) is 0 Å². The molecule has 0 aliphatic carbocycles. The summed E-state index contributed by atoms with van der Waals surface area (Å²) < 4.78 is 1.87. The summed E-state index contributed by atoms with van der Waals surface area (Å²) in [7, 11) is 0. The standard InChI is InChI=1S/C31H40N6O3/c1-7-21-14-16-23(17-15-21)31(8-2,29(40)33-20(4)26(32)38)35-28(39)25-19(3)36-37-27(25)34-24(18-30(37,5)6)22-12-10-9-11-13-22/h9-17,20,24,34H,7-8,18H2,1-6H3,(H2,32,38)(H,33,40)(H,35,39)/t20-,24?,31+/m0/s1. The molecule has 0 saturated heterocycles. The van der Waals surface area contributed by atoms with Crippen molar-refractivity contribution in [1.82, 2.24) is 20.4 Å². The Hall–Kier alpha value is -4.14. The molecule has 5 N–H and O–H groups in total. The molecular formula is C31H40N6O3. The number of fused-ring (bicyclic) bond motifs is 1. The predicted octanol–water partition coefficient (Wildman–Crippen LogP) is 4.07. The summed E-state index contributed by atoms with van der Waals surface area (Å²) in [6, 6.07) is 16.8. The van der Waals surface area contributed by atoms with Crippen molar-refractivity contribution < 1.29 is 14.4 Å². The number of rotatable bonds is 9. The van der Waals surface area contributed by atoms with Crippen molar-refractivity contribution in [1.29, 1.82) is 0 Å². The summed E-state index contributed by atoms with van der Waals surface area (Å²) in [5.74, 6) is -0.990. The number of aryl methyl sites for hydroxylation is 2. The molecule has 2 heterocycles. The molecule has 0 spiro atoms. The Morgan fingerprint density at radius 3 is 2.35 bits per heavy atom. The molecule has 9 heteroatoms. The van der Waals surface area contributed by atoms with Crippen molar-refractivity contribution in [3.05, 3.63) is 82.5 Å². The minimum absolute atomic E-state index is 0.0245. The summed E-state index contributed by atoms with van der Waals surface area (Å²) in [5.41, 5.74) is 7.40. The number of carbonyl (C=O) groups excluding carboxylic acids is 3. The zero-order valence-corrected chi connectivity index (χ0v) is 24.2. The fourth-order valence-electron chi connectivity index (χ4n) is 5.44. The molecule has 1 aromatic heterocycles. The number of anilines is 1. The van der Waals surface area contributed by atoms with Gasteiger partial charge in [-0.15, -0.1) is 0 Å². The van der Waals surface area contributed by atoms with Crippen LogP contribution in [-0.4, -0.2) is 33.5 Å². The van der Waals surface area contributed by atoms with E-state index in [-0.39, 0.29) is 18.0 Å². The van der Waals surface area contributed by atoms with Gasteiger partial charge in [-0.05, 0) is 63.6 Å². The van der Waals surface area contributed by atoms with Gasteiger partial charge in [0, 0.05) is 0 Å². The minimum Gasteiger partial charge on any atom is -0.368 e. The smallest absolute Gasteiger partial charge is 0.258 e. The van der Waals surface area contributed by atoms with Crippen LogP contribution in [0.2, 0.25) is 0 Å². The van der Waals surface area contributed by atoms with Crippen molar-refractivity contribution in [3.63, 3.8) is 0 Å². The highest BCUT2D eigenvalue weighted by Crippen LogP contribution is 2.41. The fraction of sp³-hybridized carbons (Fsp3) is 0.419. The van der Waals surface area contributed by atoms with Gasteiger partial charge in [-0.1, -0.05) is 68.4 Å². The van der Waals surface area contributed by atoms with Gasteiger partial charge in [-0.25, -0.2) is 4.68 Å². The Balaban J connectivity index is 1.77. The molecule has 1 unspecified atom stereocenters. The highest BCUT2D eigenvalue weighted by Gasteiger charge is 2.44. The van der Waals surface area contributed by atoms with Gasteiger partial charge in [0.1, 0.15) is 23.0 Å². The average molecular weight is 545 g/mol. The van der Waals surface area contributed by atoms with E-state index in [0.29, 0.717) is 22.6 Å². The van der Waals surface area contributed by atoms with Crippen LogP contribution in [0.4, 0.5) is 5.82 Å². The summed E-state index contributed by atoms with van der Waals surface area (Å²) in [6.07, 6.45) is 1.86. The van der Waals surface area contributed by atoms with Gasteiger partial charge in [-0.3, -0.25) is 14.4 Å². The van der Waals surface area contributed by atoms with Gasteiger partial charge in [0.15, 0.2) is 0 Å². The van der Waals surface area contributed by atoms with Crippen molar-refractivity contribution in [2.24, 2.45) is 5.73 Å². The Bertz CT molecular complexity index is 1400. The molecule has 2 aromatic carbocycles. The number of benzene rings is 2. The Morgan fingerprint density at radius 2 is 1.77 bits per heavy atom. The molecule has 0 saturated carbocycles. The van der Waals surface area contributed by atoms with Crippen molar-refractivity contribution in [2.45, 2.75) is 84.0 Å². The second-order valence-electron chi connectivity index (χ2n) is 11.2. The lowest BCUT2D eigenvalue weighted by molar-refractivity contribution is -0.131. The summed E-state index contributed by atoms with van der Waals surface area (Å²) in [6.45, 7) is 11.4. The highest BCUT2D eigenvalue weighted by molar-refractivity contribution is 6.04. The largest absolute Gasteiger partial charge is 0.368 e. The van der Waals surface area contributed by atoms with Gasteiger partial charge in [0.25, 0.3) is 11.8 Å². The number of nitrogens with two attached hydrogens (primary N) is 1. The number of nitrogens with one attached hydrogen (secondary N) is 3. The van der Waals surface area contributed by atoms with E-state index in [1.165, 1.54) is 6.92 Å². The van der Waals surface area contributed by atoms with E-state index < -0.39 is 29.3 Å². The van der Waals surface area contributed by atoms with Gasteiger partial charge < -0.3 is 21.7 Å². The van der Waals surface area contributed by atoms with Gasteiger partial charge >= 0.3 is 0 Å². The number of carbonyl (C=O) groups is 3. The maximum absolute atomic E-state index is 14.2. The zero-order chi connectivity index (χ0) is 29.2. The van der Waals surface area contributed by atoms with Crippen LogP contribution >= 0.6 is 0 Å². The molecule has 3 aromatic rings. The third kappa shape index (κ3) is 5.33. The highest BCUT2D eigenvalue weighted by atomic mass is 16.2. The molecular weight excluding hydrogens is 504 g/mol. The first-order valence-corrected chi connectivity index (χ1v) is 13.9. The number of primary amides is 1. The number of hydrogen-bond donors (Lipinski definition) is 4. The van der Waals surface area contributed by atoms with Crippen LogP contribution in [0.1, 0.15) is 86.2 Å². The molecule has 212 valence electrons. The lowest BCUT2D eigenvalue weighted by Crippen LogP contribution is -2.59. The van der Waals surface area contributed by atoms with Crippen LogP contribution in [0.25, 0.3) is 0 Å².